The maximum Gasteiger partial charge on any atom is 0.301 e. The Morgan fingerprint density at radius 2 is 1.97 bits per heavy atom. The van der Waals surface area contributed by atoms with E-state index in [0.29, 0.717) is 24.7 Å². The summed E-state index contributed by atoms with van der Waals surface area (Å²) in [6.45, 7) is 0.669. The van der Waals surface area contributed by atoms with Gasteiger partial charge in [0.25, 0.3) is 5.56 Å². The van der Waals surface area contributed by atoms with Gasteiger partial charge in [-0.1, -0.05) is 0 Å². The minimum atomic E-state index is -4.08. The van der Waals surface area contributed by atoms with Gasteiger partial charge in [0.05, 0.1) is 16.6 Å². The number of hydrogen-bond acceptors (Lipinski definition) is 7. The lowest BCUT2D eigenvalue weighted by atomic mass is 10.0. The van der Waals surface area contributed by atoms with E-state index in [2.05, 4.69) is 9.71 Å². The summed E-state index contributed by atoms with van der Waals surface area (Å²) in [7, 11) is -2.81. The summed E-state index contributed by atoms with van der Waals surface area (Å²) in [6.07, 6.45) is 3.07. The number of nitrogens with one attached hydrogen (secondary N) is 1. The number of anilines is 1. The topological polar surface area (TPSA) is 127 Å². The van der Waals surface area contributed by atoms with Crippen molar-refractivity contribution < 1.29 is 26.8 Å². The lowest BCUT2D eigenvalue weighted by molar-refractivity contribution is 0.155. The first-order valence-corrected chi connectivity index (χ1v) is 11.5. The first-order chi connectivity index (χ1) is 16.2. The number of benzene rings is 2. The van der Waals surface area contributed by atoms with Gasteiger partial charge in [0.2, 0.25) is 5.82 Å². The van der Waals surface area contributed by atoms with E-state index in [0.717, 1.165) is 17.6 Å². The molecule has 1 saturated carbocycles. The summed E-state index contributed by atoms with van der Waals surface area (Å²) in [4.78, 5) is 21.4. The van der Waals surface area contributed by atoms with E-state index in [9.17, 15) is 27.3 Å². The number of halogens is 2. The smallest absolute Gasteiger partial charge is 0.301 e. The molecule has 5 rings (SSSR count). The van der Waals surface area contributed by atoms with Gasteiger partial charge in [0, 0.05) is 19.2 Å². The molecule has 0 amide bonds. The zero-order valence-electron chi connectivity index (χ0n) is 17.7. The summed E-state index contributed by atoms with van der Waals surface area (Å²) in [5.74, 6) is -3.83. The van der Waals surface area contributed by atoms with Crippen molar-refractivity contribution in [2.45, 2.75) is 12.8 Å². The number of hydrogen-bond donors (Lipinski definition) is 1. The van der Waals surface area contributed by atoms with Crippen LogP contribution in [0, 0.1) is 28.4 Å². The molecule has 1 aliphatic heterocycles. The average molecular weight is 489 g/mol. The Bertz CT molecular complexity index is 1540. The molecule has 34 heavy (non-hydrogen) atoms. The van der Waals surface area contributed by atoms with Crippen molar-refractivity contribution in [3.63, 3.8) is 0 Å². The van der Waals surface area contributed by atoms with E-state index in [1.807, 2.05) is 0 Å². The number of ether oxygens (including phenoxy) is 1. The summed E-state index contributed by atoms with van der Waals surface area (Å²) in [5.41, 5.74) is -1.26. The molecule has 1 spiro atoms. The van der Waals surface area contributed by atoms with Crippen molar-refractivity contribution in [1.82, 2.24) is 14.0 Å². The van der Waals surface area contributed by atoms with E-state index in [4.69, 9.17) is 9.57 Å². The first kappa shape index (κ1) is 22.1. The van der Waals surface area contributed by atoms with Gasteiger partial charge in [0.1, 0.15) is 30.8 Å². The van der Waals surface area contributed by atoms with Crippen LogP contribution in [0.15, 0.2) is 35.4 Å². The zero-order valence-corrected chi connectivity index (χ0v) is 18.5. The fourth-order valence-electron chi connectivity index (χ4n) is 3.85. The van der Waals surface area contributed by atoms with E-state index in [1.54, 1.807) is 6.07 Å². The van der Waals surface area contributed by atoms with Crippen LogP contribution in [0.5, 0.6) is 11.5 Å². The van der Waals surface area contributed by atoms with Crippen molar-refractivity contribution in [2.75, 3.05) is 24.9 Å². The van der Waals surface area contributed by atoms with Crippen LogP contribution >= 0.6 is 0 Å². The van der Waals surface area contributed by atoms with Crippen LogP contribution in [-0.2, 0) is 10.2 Å². The molecule has 0 radical (unpaired) electrons. The molecule has 2 aliphatic rings. The van der Waals surface area contributed by atoms with Crippen molar-refractivity contribution in [3.8, 4) is 17.6 Å². The van der Waals surface area contributed by atoms with E-state index in [1.165, 1.54) is 35.9 Å². The van der Waals surface area contributed by atoms with Crippen LogP contribution in [0.1, 0.15) is 18.4 Å². The van der Waals surface area contributed by atoms with Gasteiger partial charge in [-0.05, 0) is 36.5 Å². The third-order valence-corrected chi connectivity index (χ3v) is 7.38. The Labute approximate surface area is 192 Å². The molecule has 13 heteroatoms. The second-order valence-corrected chi connectivity index (χ2v) is 9.92. The van der Waals surface area contributed by atoms with Crippen LogP contribution in [0.2, 0.25) is 0 Å². The fraction of sp³-hybridized carbons (Fsp3) is 0.286. The largest absolute Gasteiger partial charge is 0.453 e. The monoisotopic (exact) mass is 489 g/mol. The fourth-order valence-corrected chi connectivity index (χ4v) is 5.31. The van der Waals surface area contributed by atoms with Gasteiger partial charge in [-0.3, -0.25) is 9.52 Å². The van der Waals surface area contributed by atoms with Gasteiger partial charge in [-0.25, -0.2) is 9.37 Å². The predicted molar refractivity (Wildman–Crippen MR) is 115 cm³/mol. The maximum atomic E-state index is 14.7. The minimum absolute atomic E-state index is 0.0292. The first-order valence-electron chi connectivity index (χ1n) is 10.1. The standard InChI is InChI=1S/C21H17F2N5O5S/c1-32-28-11-25-16-3-2-12(6-13(16)20(28)29)33-19-14(8-24)17(7-15(22)18(19)23)26-34(30,31)27-9-21(10-27)4-5-21/h2-3,6-7,11,26H,4-5,9-10H2,1H3. The molecule has 10 nitrogen and oxygen atoms in total. The van der Waals surface area contributed by atoms with Gasteiger partial charge >= 0.3 is 10.2 Å². The highest BCUT2D eigenvalue weighted by Crippen LogP contribution is 2.53. The highest BCUT2D eigenvalue weighted by molar-refractivity contribution is 7.90. The molecule has 3 aromatic rings. The Kier molecular flexibility index (Phi) is 4.96. The SMILES string of the molecule is COn1cnc2ccc(Oc3c(F)c(F)cc(NS(=O)(=O)N4CC5(CC5)C4)c3C#N)cc2c1=O. The summed E-state index contributed by atoms with van der Waals surface area (Å²) >= 11 is 0. The Balaban J connectivity index is 1.52. The summed E-state index contributed by atoms with van der Waals surface area (Å²) < 4.78 is 64.0. The number of fused-ring (bicyclic) bond motifs is 1. The second-order valence-electron chi connectivity index (χ2n) is 8.25. The number of nitriles is 1. The number of rotatable bonds is 6. The molecule has 0 atom stereocenters. The minimum Gasteiger partial charge on any atom is -0.453 e. The molecule has 176 valence electrons. The molecule has 1 aromatic heterocycles. The quantitative estimate of drug-likeness (QED) is 0.562. The van der Waals surface area contributed by atoms with E-state index >= 15 is 0 Å². The molecular formula is C21H17F2N5O5S. The number of aromatic nitrogens is 2. The Morgan fingerprint density at radius 1 is 1.24 bits per heavy atom. The molecule has 0 bridgehead atoms. The van der Waals surface area contributed by atoms with E-state index < -0.39 is 44.4 Å². The van der Waals surface area contributed by atoms with Crippen LogP contribution in [-0.4, -0.2) is 42.6 Å². The van der Waals surface area contributed by atoms with Crippen LogP contribution in [0.4, 0.5) is 14.5 Å². The van der Waals surface area contributed by atoms with Crippen LogP contribution in [0.3, 0.4) is 0 Å². The van der Waals surface area contributed by atoms with Crippen molar-refractivity contribution in [3.05, 3.63) is 58.1 Å². The molecule has 1 saturated heterocycles. The maximum absolute atomic E-state index is 14.7. The molecule has 2 aromatic carbocycles. The Morgan fingerprint density at radius 3 is 2.62 bits per heavy atom. The Hall–Kier alpha value is -3.76. The van der Waals surface area contributed by atoms with Gasteiger partial charge in [-0.2, -0.15) is 22.4 Å². The summed E-state index contributed by atoms with van der Waals surface area (Å²) in [6, 6.07) is 6.24. The van der Waals surface area contributed by atoms with Gasteiger partial charge in [0.15, 0.2) is 11.6 Å². The lowest BCUT2D eigenvalue weighted by Gasteiger charge is -2.38. The van der Waals surface area contributed by atoms with Gasteiger partial charge < -0.3 is 9.57 Å². The molecule has 1 aliphatic carbocycles. The van der Waals surface area contributed by atoms with Crippen molar-refractivity contribution in [2.24, 2.45) is 5.41 Å². The highest BCUT2D eigenvalue weighted by Gasteiger charge is 2.55. The van der Waals surface area contributed by atoms with Gasteiger partial charge in [-0.15, -0.1) is 4.73 Å². The highest BCUT2D eigenvalue weighted by atomic mass is 32.2. The third kappa shape index (κ3) is 3.61. The molecule has 2 heterocycles. The summed E-state index contributed by atoms with van der Waals surface area (Å²) in [5, 5.41) is 9.69. The normalized spacial score (nSPS) is 16.6. The molecule has 0 unspecified atom stereocenters. The number of nitrogens with zero attached hydrogens (tertiary/aromatic N) is 4. The van der Waals surface area contributed by atoms with Crippen molar-refractivity contribution in [1.29, 1.82) is 5.26 Å². The average Bonchev–Trinajstić information content (AvgIpc) is 3.58. The second kappa shape index (κ2) is 7.64. The van der Waals surface area contributed by atoms with Crippen LogP contribution < -0.4 is 19.9 Å². The predicted octanol–water partition coefficient (Wildman–Crippen LogP) is 2.15. The molecular weight excluding hydrogens is 472 g/mol. The van der Waals surface area contributed by atoms with Crippen LogP contribution in [0.25, 0.3) is 10.9 Å². The van der Waals surface area contributed by atoms with Crippen molar-refractivity contribution >= 4 is 26.8 Å². The lowest BCUT2D eigenvalue weighted by Crippen LogP contribution is -2.53. The zero-order chi connectivity index (χ0) is 24.3. The molecule has 1 N–H and O–H groups in total. The van der Waals surface area contributed by atoms with E-state index in [-0.39, 0.29) is 16.6 Å². The third-order valence-electron chi connectivity index (χ3n) is 5.96. The molecule has 2 fully saturated rings.